The van der Waals surface area contributed by atoms with E-state index in [1.165, 1.54) is 20.9 Å². The van der Waals surface area contributed by atoms with E-state index in [1.54, 1.807) is 18.2 Å². The van der Waals surface area contributed by atoms with E-state index in [0.29, 0.717) is 0 Å². The summed E-state index contributed by atoms with van der Waals surface area (Å²) in [5, 5.41) is 9.37. The Morgan fingerprint density at radius 1 is 1.39 bits per heavy atom. The molecule has 0 atom stereocenters. The van der Waals surface area contributed by atoms with Gasteiger partial charge in [0, 0.05) is 11.5 Å². The highest BCUT2D eigenvalue weighted by Crippen LogP contribution is 2.24. The van der Waals surface area contributed by atoms with Crippen molar-refractivity contribution in [2.75, 3.05) is 7.05 Å². The quantitative estimate of drug-likeness (QED) is 0.924. The van der Waals surface area contributed by atoms with Crippen molar-refractivity contribution in [2.45, 2.75) is 19.4 Å². The first-order chi connectivity index (χ1) is 8.17. The lowest BCUT2D eigenvalue weighted by molar-refractivity contribution is -0.147. The number of hydrogen-bond acceptors (Lipinski definition) is 2. The highest BCUT2D eigenvalue weighted by Gasteiger charge is 2.36. The molecule has 1 rings (SSSR count). The topological polar surface area (TPSA) is 57.6 Å². The van der Waals surface area contributed by atoms with Gasteiger partial charge in [-0.25, -0.2) is 4.79 Å². The fourth-order valence-electron chi connectivity index (χ4n) is 1.24. The van der Waals surface area contributed by atoms with E-state index in [1.807, 2.05) is 0 Å². The van der Waals surface area contributed by atoms with E-state index < -0.39 is 17.4 Å². The molecule has 18 heavy (non-hydrogen) atoms. The fourth-order valence-corrected chi connectivity index (χ4v) is 2.00. The molecule has 1 amide bonds. The van der Waals surface area contributed by atoms with Gasteiger partial charge in [-0.05, 0) is 32.0 Å². The van der Waals surface area contributed by atoms with Crippen molar-refractivity contribution in [2.24, 2.45) is 0 Å². The highest BCUT2D eigenvalue weighted by atomic mass is 79.9. The molecule has 0 bridgehead atoms. The first-order valence-electron chi connectivity index (χ1n) is 5.14. The summed E-state index contributed by atoms with van der Waals surface area (Å²) < 4.78 is 0.754. The summed E-state index contributed by atoms with van der Waals surface area (Å²) in [7, 11) is 1.44. The summed E-state index contributed by atoms with van der Waals surface area (Å²) in [6.45, 7) is 2.92. The maximum atomic E-state index is 12.2. The fraction of sp³-hybridized carbons (Fsp3) is 0.333. The van der Waals surface area contributed by atoms with Gasteiger partial charge in [0.25, 0.3) is 5.91 Å². The second kappa shape index (κ2) is 5.28. The van der Waals surface area contributed by atoms with Crippen molar-refractivity contribution in [3.8, 4) is 0 Å². The van der Waals surface area contributed by atoms with Crippen LogP contribution in [-0.4, -0.2) is 34.5 Å². The van der Waals surface area contributed by atoms with Gasteiger partial charge >= 0.3 is 5.97 Å². The van der Waals surface area contributed by atoms with Crippen molar-refractivity contribution in [1.82, 2.24) is 4.90 Å². The largest absolute Gasteiger partial charge is 0.480 e. The third kappa shape index (κ3) is 2.84. The predicted octanol–water partition coefficient (Wildman–Crippen LogP) is 3.04. The van der Waals surface area contributed by atoms with Crippen molar-refractivity contribution < 1.29 is 14.7 Å². The minimum atomic E-state index is -1.30. The molecule has 0 fully saturated rings. The lowest BCUT2D eigenvalue weighted by atomic mass is 10.0. The molecule has 1 aromatic carbocycles. The Kier molecular flexibility index (Phi) is 4.40. The molecule has 0 aromatic heterocycles. The van der Waals surface area contributed by atoms with Crippen LogP contribution in [0.3, 0.4) is 0 Å². The molecule has 98 valence electrons. The molecule has 0 aliphatic heterocycles. The van der Waals surface area contributed by atoms with Crippen LogP contribution < -0.4 is 0 Å². The number of amides is 1. The summed E-state index contributed by atoms with van der Waals surface area (Å²) in [6.07, 6.45) is 0. The molecular weight excluding hydrogens is 321 g/mol. The van der Waals surface area contributed by atoms with Gasteiger partial charge in [0.1, 0.15) is 5.54 Å². The Morgan fingerprint density at radius 2 is 1.94 bits per heavy atom. The van der Waals surface area contributed by atoms with Gasteiger partial charge in [-0.1, -0.05) is 27.5 Å². The molecule has 0 heterocycles. The molecule has 1 aromatic rings. The van der Waals surface area contributed by atoms with Crippen LogP contribution in [0, 0.1) is 0 Å². The van der Waals surface area contributed by atoms with Gasteiger partial charge in [0.15, 0.2) is 0 Å². The molecule has 0 radical (unpaired) electrons. The SMILES string of the molecule is CN(C(=O)c1ccc(Br)cc1Cl)C(C)(C)C(=O)O. The van der Waals surface area contributed by atoms with Gasteiger partial charge in [0.05, 0.1) is 10.6 Å². The molecule has 6 heteroatoms. The molecule has 0 saturated carbocycles. The Hall–Kier alpha value is -1.07. The molecule has 0 saturated heterocycles. The van der Waals surface area contributed by atoms with E-state index in [9.17, 15) is 9.59 Å². The molecule has 0 unspecified atom stereocenters. The standard InChI is InChI=1S/C12H13BrClNO3/c1-12(2,11(17)18)15(3)10(16)8-5-4-7(13)6-9(8)14/h4-6H,1-3H3,(H,17,18). The molecule has 1 N–H and O–H groups in total. The lowest BCUT2D eigenvalue weighted by Gasteiger charge is -2.31. The van der Waals surface area contributed by atoms with E-state index in [2.05, 4.69) is 15.9 Å². The number of carboxylic acid groups (broad SMARTS) is 1. The number of benzene rings is 1. The number of hydrogen-bond donors (Lipinski definition) is 1. The maximum Gasteiger partial charge on any atom is 0.329 e. The van der Waals surface area contributed by atoms with Gasteiger partial charge < -0.3 is 10.0 Å². The minimum Gasteiger partial charge on any atom is -0.480 e. The van der Waals surface area contributed by atoms with Crippen molar-refractivity contribution in [3.05, 3.63) is 33.3 Å². The van der Waals surface area contributed by atoms with Crippen LogP contribution in [0.15, 0.2) is 22.7 Å². The molecule has 0 aliphatic carbocycles. The average Bonchev–Trinajstić information content (AvgIpc) is 2.26. The second-order valence-electron chi connectivity index (χ2n) is 4.35. The summed E-state index contributed by atoms with van der Waals surface area (Å²) in [6, 6.07) is 4.83. The number of carbonyl (C=O) groups excluding carboxylic acids is 1. The monoisotopic (exact) mass is 333 g/mol. The summed E-state index contributed by atoms with van der Waals surface area (Å²) in [5.41, 5.74) is -1.02. The van der Waals surface area contributed by atoms with E-state index >= 15 is 0 Å². The number of aliphatic carboxylic acids is 1. The Morgan fingerprint density at radius 3 is 2.39 bits per heavy atom. The van der Waals surface area contributed by atoms with Crippen molar-refractivity contribution in [1.29, 1.82) is 0 Å². The van der Waals surface area contributed by atoms with Crippen LogP contribution in [0.4, 0.5) is 0 Å². The number of nitrogens with zero attached hydrogens (tertiary/aromatic N) is 1. The van der Waals surface area contributed by atoms with Gasteiger partial charge in [-0.15, -0.1) is 0 Å². The normalized spacial score (nSPS) is 11.2. The van der Waals surface area contributed by atoms with E-state index in [0.717, 1.165) is 9.37 Å². The van der Waals surface area contributed by atoms with Crippen LogP contribution in [0.25, 0.3) is 0 Å². The van der Waals surface area contributed by atoms with Crippen molar-refractivity contribution in [3.63, 3.8) is 0 Å². The summed E-state index contributed by atoms with van der Waals surface area (Å²) >= 11 is 9.21. The van der Waals surface area contributed by atoms with Gasteiger partial charge in [-0.2, -0.15) is 0 Å². The second-order valence-corrected chi connectivity index (χ2v) is 5.68. The highest BCUT2D eigenvalue weighted by molar-refractivity contribution is 9.10. The van der Waals surface area contributed by atoms with Crippen molar-refractivity contribution >= 4 is 39.4 Å². The summed E-state index contributed by atoms with van der Waals surface area (Å²) in [4.78, 5) is 24.5. The van der Waals surface area contributed by atoms with E-state index in [4.69, 9.17) is 16.7 Å². The number of rotatable bonds is 3. The number of likely N-dealkylation sites (N-methyl/N-ethyl adjacent to an activating group) is 1. The first kappa shape index (κ1) is 15.0. The van der Waals surface area contributed by atoms with Gasteiger partial charge in [0.2, 0.25) is 0 Å². The zero-order valence-electron chi connectivity index (χ0n) is 10.2. The number of halogens is 2. The Labute approximate surface area is 119 Å². The zero-order chi connectivity index (χ0) is 14.1. The molecule has 0 spiro atoms. The van der Waals surface area contributed by atoms with Crippen LogP contribution in [0.2, 0.25) is 5.02 Å². The molecular formula is C12H13BrClNO3. The Balaban J connectivity index is 3.11. The van der Waals surface area contributed by atoms with Crippen LogP contribution in [-0.2, 0) is 4.79 Å². The van der Waals surface area contributed by atoms with Crippen LogP contribution >= 0.6 is 27.5 Å². The summed E-state index contributed by atoms with van der Waals surface area (Å²) in [5.74, 6) is -1.51. The molecule has 0 aliphatic rings. The third-order valence-corrected chi connectivity index (χ3v) is 3.63. The van der Waals surface area contributed by atoms with Crippen LogP contribution in [0.1, 0.15) is 24.2 Å². The predicted molar refractivity (Wildman–Crippen MR) is 73.0 cm³/mol. The number of carboxylic acids is 1. The number of carbonyl (C=O) groups is 2. The minimum absolute atomic E-state index is 0.275. The lowest BCUT2D eigenvalue weighted by Crippen LogP contribution is -2.50. The maximum absolute atomic E-state index is 12.2. The third-order valence-electron chi connectivity index (χ3n) is 2.83. The average molecular weight is 335 g/mol. The Bertz CT molecular complexity index is 502. The van der Waals surface area contributed by atoms with Gasteiger partial charge in [-0.3, -0.25) is 4.79 Å². The first-order valence-corrected chi connectivity index (χ1v) is 6.31. The smallest absolute Gasteiger partial charge is 0.329 e. The van der Waals surface area contributed by atoms with Crippen LogP contribution in [0.5, 0.6) is 0 Å². The molecule has 4 nitrogen and oxygen atoms in total. The van der Waals surface area contributed by atoms with E-state index in [-0.39, 0.29) is 10.6 Å². The zero-order valence-corrected chi connectivity index (χ0v) is 12.5.